The molecule has 1 aromatic carbocycles. The SMILES string of the molecule is O=C(C[NH+]1CCCC1)N1CCC[C@H](c2nc3ccccc3s2)C1. The van der Waals surface area contributed by atoms with E-state index in [0.29, 0.717) is 18.4 Å². The maximum absolute atomic E-state index is 12.6. The minimum absolute atomic E-state index is 0.340. The van der Waals surface area contributed by atoms with E-state index < -0.39 is 0 Å². The summed E-state index contributed by atoms with van der Waals surface area (Å²) in [6, 6.07) is 8.33. The number of fused-ring (bicyclic) bond motifs is 1. The summed E-state index contributed by atoms with van der Waals surface area (Å²) in [4.78, 5) is 21.0. The summed E-state index contributed by atoms with van der Waals surface area (Å²) in [7, 11) is 0. The van der Waals surface area contributed by atoms with Gasteiger partial charge in [-0.05, 0) is 25.0 Å². The van der Waals surface area contributed by atoms with Gasteiger partial charge in [-0.15, -0.1) is 11.3 Å². The number of thiazole rings is 1. The lowest BCUT2D eigenvalue weighted by molar-refractivity contribution is -0.879. The molecular formula is C18H24N3OS+. The van der Waals surface area contributed by atoms with E-state index in [4.69, 9.17) is 4.98 Å². The molecule has 1 amide bonds. The van der Waals surface area contributed by atoms with Crippen molar-refractivity contribution in [1.82, 2.24) is 9.88 Å². The van der Waals surface area contributed by atoms with Crippen LogP contribution >= 0.6 is 11.3 Å². The van der Waals surface area contributed by atoms with Crippen LogP contribution in [0.2, 0.25) is 0 Å². The first kappa shape index (κ1) is 15.1. The molecule has 0 radical (unpaired) electrons. The molecule has 23 heavy (non-hydrogen) atoms. The van der Waals surface area contributed by atoms with Crippen LogP contribution in [0.4, 0.5) is 0 Å². The molecule has 5 heteroatoms. The number of para-hydroxylation sites is 1. The van der Waals surface area contributed by atoms with Gasteiger partial charge in [-0.25, -0.2) is 4.98 Å². The van der Waals surface area contributed by atoms with Gasteiger partial charge in [0.1, 0.15) is 0 Å². The first-order valence-electron chi connectivity index (χ1n) is 8.76. The number of hydrogen-bond donors (Lipinski definition) is 1. The molecule has 2 aliphatic heterocycles. The summed E-state index contributed by atoms with van der Waals surface area (Å²) in [6.07, 6.45) is 4.80. The summed E-state index contributed by atoms with van der Waals surface area (Å²) in [6.45, 7) is 4.80. The van der Waals surface area contributed by atoms with Gasteiger partial charge in [-0.2, -0.15) is 0 Å². The Morgan fingerprint density at radius 3 is 2.91 bits per heavy atom. The van der Waals surface area contributed by atoms with E-state index >= 15 is 0 Å². The normalized spacial score (nSPS) is 22.8. The van der Waals surface area contributed by atoms with Gasteiger partial charge in [-0.1, -0.05) is 12.1 Å². The zero-order valence-electron chi connectivity index (χ0n) is 13.5. The number of benzene rings is 1. The Morgan fingerprint density at radius 2 is 2.09 bits per heavy atom. The predicted octanol–water partition coefficient (Wildman–Crippen LogP) is 1.68. The molecule has 0 spiro atoms. The van der Waals surface area contributed by atoms with Crippen LogP contribution < -0.4 is 4.90 Å². The van der Waals surface area contributed by atoms with Gasteiger partial charge in [0.15, 0.2) is 6.54 Å². The van der Waals surface area contributed by atoms with Gasteiger partial charge in [0, 0.05) is 31.8 Å². The Labute approximate surface area is 141 Å². The fourth-order valence-electron chi connectivity index (χ4n) is 3.85. The Balaban J connectivity index is 1.44. The number of aromatic nitrogens is 1. The van der Waals surface area contributed by atoms with E-state index in [0.717, 1.165) is 31.4 Å². The van der Waals surface area contributed by atoms with Crippen molar-refractivity contribution in [2.45, 2.75) is 31.6 Å². The molecule has 2 aliphatic rings. The molecule has 4 rings (SSSR count). The summed E-state index contributed by atoms with van der Waals surface area (Å²) >= 11 is 1.80. The van der Waals surface area contributed by atoms with E-state index in [2.05, 4.69) is 23.1 Å². The second kappa shape index (κ2) is 6.57. The van der Waals surface area contributed by atoms with E-state index in [1.54, 1.807) is 11.3 Å². The Morgan fingerprint density at radius 1 is 1.26 bits per heavy atom. The van der Waals surface area contributed by atoms with Crippen molar-refractivity contribution >= 4 is 27.5 Å². The molecule has 1 atom stereocenters. The number of quaternary nitrogens is 1. The number of piperidine rings is 1. The van der Waals surface area contributed by atoms with Gasteiger partial charge in [0.25, 0.3) is 5.91 Å². The molecule has 0 saturated carbocycles. The van der Waals surface area contributed by atoms with Gasteiger partial charge in [-0.3, -0.25) is 4.79 Å². The first-order chi connectivity index (χ1) is 11.3. The highest BCUT2D eigenvalue weighted by Crippen LogP contribution is 2.32. The smallest absolute Gasteiger partial charge is 0.277 e. The van der Waals surface area contributed by atoms with Crippen molar-refractivity contribution < 1.29 is 9.69 Å². The van der Waals surface area contributed by atoms with Crippen molar-refractivity contribution in [2.24, 2.45) is 0 Å². The average molecular weight is 330 g/mol. The van der Waals surface area contributed by atoms with Crippen molar-refractivity contribution in [3.63, 3.8) is 0 Å². The zero-order valence-corrected chi connectivity index (χ0v) is 14.3. The molecule has 3 heterocycles. The van der Waals surface area contributed by atoms with Gasteiger partial charge >= 0.3 is 0 Å². The van der Waals surface area contributed by atoms with E-state index in [1.807, 2.05) is 6.07 Å². The third-order valence-electron chi connectivity index (χ3n) is 5.15. The Bertz CT molecular complexity index is 659. The second-order valence-corrected chi connectivity index (χ2v) is 7.89. The second-order valence-electron chi connectivity index (χ2n) is 6.83. The number of likely N-dealkylation sites (tertiary alicyclic amines) is 2. The number of amides is 1. The minimum atomic E-state index is 0.340. The molecule has 2 fully saturated rings. The standard InChI is InChI=1S/C18H23N3OS/c22-17(13-20-9-3-4-10-20)21-11-5-6-14(12-21)18-19-15-7-1-2-8-16(15)23-18/h1-2,7-8,14H,3-6,9-13H2/p+1/t14-/m0/s1. The highest BCUT2D eigenvalue weighted by atomic mass is 32.1. The van der Waals surface area contributed by atoms with Crippen LogP contribution in [-0.4, -0.2) is 48.5 Å². The van der Waals surface area contributed by atoms with Crippen LogP contribution in [0.1, 0.15) is 36.6 Å². The molecular weight excluding hydrogens is 306 g/mol. The van der Waals surface area contributed by atoms with Gasteiger partial charge < -0.3 is 9.80 Å². The van der Waals surface area contributed by atoms with Crippen LogP contribution in [0.3, 0.4) is 0 Å². The summed E-state index contributed by atoms with van der Waals surface area (Å²) in [5, 5.41) is 1.21. The number of nitrogens with zero attached hydrogens (tertiary/aromatic N) is 2. The molecule has 1 N–H and O–H groups in total. The van der Waals surface area contributed by atoms with Gasteiger partial charge in [0.2, 0.25) is 0 Å². The highest BCUT2D eigenvalue weighted by Gasteiger charge is 2.29. The van der Waals surface area contributed by atoms with Crippen LogP contribution in [0.25, 0.3) is 10.2 Å². The monoisotopic (exact) mass is 330 g/mol. The van der Waals surface area contributed by atoms with Crippen LogP contribution in [0, 0.1) is 0 Å². The molecule has 2 saturated heterocycles. The van der Waals surface area contributed by atoms with Crippen molar-refractivity contribution in [1.29, 1.82) is 0 Å². The largest absolute Gasteiger partial charge is 0.337 e. The minimum Gasteiger partial charge on any atom is -0.337 e. The molecule has 2 aromatic rings. The van der Waals surface area contributed by atoms with Gasteiger partial charge in [0.05, 0.1) is 28.3 Å². The third-order valence-corrected chi connectivity index (χ3v) is 6.34. The van der Waals surface area contributed by atoms with E-state index in [1.165, 1.54) is 40.5 Å². The lowest BCUT2D eigenvalue weighted by atomic mass is 9.98. The quantitative estimate of drug-likeness (QED) is 0.930. The molecule has 0 bridgehead atoms. The van der Waals surface area contributed by atoms with Crippen molar-refractivity contribution in [3.05, 3.63) is 29.3 Å². The fraction of sp³-hybridized carbons (Fsp3) is 0.556. The topological polar surface area (TPSA) is 37.6 Å². The summed E-state index contributed by atoms with van der Waals surface area (Å²) in [5.41, 5.74) is 1.09. The van der Waals surface area contributed by atoms with Crippen LogP contribution in [0.15, 0.2) is 24.3 Å². The summed E-state index contributed by atoms with van der Waals surface area (Å²) in [5.74, 6) is 0.756. The highest BCUT2D eigenvalue weighted by molar-refractivity contribution is 7.18. The fourth-order valence-corrected chi connectivity index (χ4v) is 4.94. The molecule has 4 nitrogen and oxygen atoms in total. The third kappa shape index (κ3) is 3.26. The molecule has 1 aromatic heterocycles. The summed E-state index contributed by atoms with van der Waals surface area (Å²) < 4.78 is 1.26. The van der Waals surface area contributed by atoms with Crippen molar-refractivity contribution in [3.8, 4) is 0 Å². The Hall–Kier alpha value is -1.46. The number of carbonyl (C=O) groups excluding carboxylic acids is 1. The predicted molar refractivity (Wildman–Crippen MR) is 93.0 cm³/mol. The molecule has 122 valence electrons. The average Bonchev–Trinajstić information content (AvgIpc) is 3.24. The first-order valence-corrected chi connectivity index (χ1v) is 9.58. The lowest BCUT2D eigenvalue weighted by Crippen LogP contribution is -3.11. The number of hydrogen-bond acceptors (Lipinski definition) is 3. The number of rotatable bonds is 3. The maximum Gasteiger partial charge on any atom is 0.277 e. The van der Waals surface area contributed by atoms with Crippen LogP contribution in [0.5, 0.6) is 0 Å². The number of carbonyl (C=O) groups is 1. The number of nitrogens with one attached hydrogen (secondary N) is 1. The molecule has 0 unspecified atom stereocenters. The maximum atomic E-state index is 12.6. The van der Waals surface area contributed by atoms with E-state index in [-0.39, 0.29) is 0 Å². The van der Waals surface area contributed by atoms with Crippen molar-refractivity contribution in [2.75, 3.05) is 32.7 Å². The zero-order chi connectivity index (χ0) is 15.6. The Kier molecular flexibility index (Phi) is 4.31. The van der Waals surface area contributed by atoms with Crippen LogP contribution in [-0.2, 0) is 4.79 Å². The van der Waals surface area contributed by atoms with E-state index in [9.17, 15) is 4.79 Å². The molecule has 0 aliphatic carbocycles. The lowest BCUT2D eigenvalue weighted by Gasteiger charge is -2.32.